The monoisotopic (exact) mass is 554 g/mol. The molecule has 0 aliphatic rings. The Hall–Kier alpha value is -3.59. The van der Waals surface area contributed by atoms with Gasteiger partial charge < -0.3 is 14.8 Å². The van der Waals surface area contributed by atoms with Crippen molar-refractivity contribution in [2.75, 3.05) is 18.5 Å². The molecule has 0 aliphatic heterocycles. The average Bonchev–Trinajstić information content (AvgIpc) is 3.36. The van der Waals surface area contributed by atoms with Gasteiger partial charge in [-0.2, -0.15) is 5.10 Å². The molecule has 0 saturated heterocycles. The van der Waals surface area contributed by atoms with E-state index in [0.717, 1.165) is 22.1 Å². The van der Waals surface area contributed by atoms with Crippen LogP contribution < -0.4 is 20.2 Å². The Morgan fingerprint density at radius 2 is 1.70 bits per heavy atom. The molecule has 4 rings (SSSR count). The van der Waals surface area contributed by atoms with Crippen LogP contribution in [0, 0.1) is 0 Å². The first-order valence-corrected chi connectivity index (χ1v) is 13.1. The van der Waals surface area contributed by atoms with Crippen LogP contribution >= 0.6 is 34.5 Å². The zero-order valence-electron chi connectivity index (χ0n) is 20.1. The summed E-state index contributed by atoms with van der Waals surface area (Å²) in [6, 6.07) is 18.0. The number of hydrogen-bond donors (Lipinski definition) is 2. The van der Waals surface area contributed by atoms with Crippen molar-refractivity contribution >= 4 is 57.5 Å². The summed E-state index contributed by atoms with van der Waals surface area (Å²) in [5.74, 6) is 0.744. The number of ether oxygens (including phenoxy) is 2. The molecule has 0 spiro atoms. The van der Waals surface area contributed by atoms with E-state index in [1.165, 1.54) is 17.6 Å². The smallest absolute Gasteiger partial charge is 0.271 e. The van der Waals surface area contributed by atoms with Crippen molar-refractivity contribution in [3.05, 3.63) is 87.2 Å². The number of benzene rings is 3. The summed E-state index contributed by atoms with van der Waals surface area (Å²) in [5.41, 5.74) is 6.23. The van der Waals surface area contributed by atoms with Gasteiger partial charge in [-0.3, -0.25) is 4.79 Å². The Balaban J connectivity index is 1.39. The number of anilines is 2. The lowest BCUT2D eigenvalue weighted by Crippen LogP contribution is -2.17. The number of carbonyl (C=O) groups is 1. The molecule has 4 aromatic rings. The fourth-order valence-corrected chi connectivity index (χ4v) is 4.43. The van der Waals surface area contributed by atoms with E-state index in [9.17, 15) is 4.79 Å². The van der Waals surface area contributed by atoms with E-state index in [2.05, 4.69) is 20.8 Å². The number of halogens is 2. The quantitative estimate of drug-likeness (QED) is 0.157. The van der Waals surface area contributed by atoms with Crippen LogP contribution in [0.15, 0.2) is 71.1 Å². The molecule has 0 atom stereocenters. The van der Waals surface area contributed by atoms with Crippen molar-refractivity contribution in [2.45, 2.75) is 13.8 Å². The molecular weight excluding hydrogens is 531 g/mol. The van der Waals surface area contributed by atoms with Crippen molar-refractivity contribution < 1.29 is 14.3 Å². The number of amides is 1. The Kier molecular flexibility index (Phi) is 9.00. The lowest BCUT2D eigenvalue weighted by molar-refractivity contribution is 0.0955. The lowest BCUT2D eigenvalue weighted by Gasteiger charge is -2.12. The first-order valence-electron chi connectivity index (χ1n) is 11.5. The Morgan fingerprint density at radius 1 is 1.00 bits per heavy atom. The number of hydrazone groups is 1. The number of thiazole rings is 1. The van der Waals surface area contributed by atoms with Crippen LogP contribution in [0.1, 0.15) is 29.8 Å². The highest BCUT2D eigenvalue weighted by Gasteiger charge is 2.11. The molecule has 0 radical (unpaired) electrons. The summed E-state index contributed by atoms with van der Waals surface area (Å²) in [4.78, 5) is 17.2. The molecule has 0 unspecified atom stereocenters. The van der Waals surface area contributed by atoms with Crippen LogP contribution in [0.5, 0.6) is 11.5 Å². The first-order chi connectivity index (χ1) is 18.0. The van der Waals surface area contributed by atoms with Gasteiger partial charge in [-0.1, -0.05) is 35.3 Å². The number of nitrogens with one attached hydrogen (secondary N) is 2. The molecule has 1 heterocycles. The maximum atomic E-state index is 12.6. The third-order valence-electron chi connectivity index (χ3n) is 5.08. The SMILES string of the molecule is CCOc1cc(OCC)c(/C=N\NC(=O)c2ccc(-c3csc(Nc4ccc(Cl)cc4)n3)cc2)cc1Cl. The number of rotatable bonds is 10. The molecule has 0 fully saturated rings. The third-order valence-corrected chi connectivity index (χ3v) is 6.38. The van der Waals surface area contributed by atoms with Gasteiger partial charge in [-0.05, 0) is 56.3 Å². The van der Waals surface area contributed by atoms with E-state index >= 15 is 0 Å². The van der Waals surface area contributed by atoms with Crippen molar-refractivity contribution in [3.8, 4) is 22.8 Å². The van der Waals surface area contributed by atoms with Crippen LogP contribution in [-0.4, -0.2) is 30.3 Å². The first kappa shape index (κ1) is 26.5. The third kappa shape index (κ3) is 7.01. The minimum atomic E-state index is -0.346. The van der Waals surface area contributed by atoms with Gasteiger partial charge in [0.05, 0.1) is 30.1 Å². The molecule has 190 valence electrons. The van der Waals surface area contributed by atoms with Gasteiger partial charge in [-0.15, -0.1) is 11.3 Å². The van der Waals surface area contributed by atoms with Crippen molar-refractivity contribution in [1.82, 2.24) is 10.4 Å². The van der Waals surface area contributed by atoms with Crippen molar-refractivity contribution in [2.24, 2.45) is 5.10 Å². The van der Waals surface area contributed by atoms with Crippen molar-refractivity contribution in [1.29, 1.82) is 0 Å². The Bertz CT molecular complexity index is 1390. The molecule has 37 heavy (non-hydrogen) atoms. The minimum absolute atomic E-state index is 0.346. The van der Waals surface area contributed by atoms with Gasteiger partial charge in [0.1, 0.15) is 11.5 Å². The molecule has 7 nitrogen and oxygen atoms in total. The molecule has 1 aromatic heterocycles. The number of hydrogen-bond acceptors (Lipinski definition) is 7. The molecule has 2 N–H and O–H groups in total. The number of aromatic nitrogens is 1. The predicted octanol–water partition coefficient (Wildman–Crippen LogP) is 7.42. The van der Waals surface area contributed by atoms with E-state index in [0.29, 0.717) is 45.9 Å². The van der Waals surface area contributed by atoms with E-state index in [1.54, 1.807) is 24.3 Å². The topological polar surface area (TPSA) is 84.8 Å². The molecule has 1 amide bonds. The molecule has 3 aromatic carbocycles. The summed E-state index contributed by atoms with van der Waals surface area (Å²) in [7, 11) is 0. The zero-order valence-corrected chi connectivity index (χ0v) is 22.5. The normalized spacial score (nSPS) is 10.9. The number of nitrogens with zero attached hydrogens (tertiary/aromatic N) is 2. The minimum Gasteiger partial charge on any atom is -0.493 e. The van der Waals surface area contributed by atoms with Crippen LogP contribution in [0.2, 0.25) is 10.0 Å². The molecule has 10 heteroatoms. The largest absolute Gasteiger partial charge is 0.493 e. The lowest BCUT2D eigenvalue weighted by atomic mass is 10.1. The zero-order chi connectivity index (χ0) is 26.2. The van der Waals surface area contributed by atoms with Crippen LogP contribution in [0.3, 0.4) is 0 Å². The summed E-state index contributed by atoms with van der Waals surface area (Å²) in [6.45, 7) is 4.70. The molecule has 0 aliphatic carbocycles. The highest BCUT2D eigenvalue weighted by molar-refractivity contribution is 7.14. The summed E-state index contributed by atoms with van der Waals surface area (Å²) < 4.78 is 11.2. The number of carbonyl (C=O) groups excluding carboxylic acids is 1. The van der Waals surface area contributed by atoms with Gasteiger partial charge in [0.2, 0.25) is 0 Å². The van der Waals surface area contributed by atoms with Gasteiger partial charge in [-0.25, -0.2) is 10.4 Å². The van der Waals surface area contributed by atoms with Crippen LogP contribution in [0.25, 0.3) is 11.3 Å². The molecular formula is C27H24Cl2N4O3S. The average molecular weight is 555 g/mol. The fourth-order valence-electron chi connectivity index (χ4n) is 3.34. The van der Waals surface area contributed by atoms with E-state index in [-0.39, 0.29) is 5.91 Å². The maximum Gasteiger partial charge on any atom is 0.271 e. The maximum absolute atomic E-state index is 12.6. The fraction of sp³-hybridized carbons (Fsp3) is 0.148. The Morgan fingerprint density at radius 3 is 2.41 bits per heavy atom. The second-order valence-corrected chi connectivity index (χ2v) is 9.33. The van der Waals surface area contributed by atoms with Gasteiger partial charge in [0.15, 0.2) is 5.13 Å². The van der Waals surface area contributed by atoms with Crippen LogP contribution in [0.4, 0.5) is 10.8 Å². The van der Waals surface area contributed by atoms with Gasteiger partial charge in [0.25, 0.3) is 5.91 Å². The van der Waals surface area contributed by atoms with E-state index in [4.69, 9.17) is 32.7 Å². The summed E-state index contributed by atoms with van der Waals surface area (Å²) in [6.07, 6.45) is 1.49. The van der Waals surface area contributed by atoms with Gasteiger partial charge >= 0.3 is 0 Å². The summed E-state index contributed by atoms with van der Waals surface area (Å²) in [5, 5.41) is 11.2. The van der Waals surface area contributed by atoms with E-state index in [1.807, 2.05) is 55.6 Å². The second-order valence-electron chi connectivity index (χ2n) is 7.63. The predicted molar refractivity (Wildman–Crippen MR) is 151 cm³/mol. The standard InChI is InChI=1S/C27H24Cl2N4O3S/c1-3-35-24-14-25(36-4-2)22(29)13-19(24)15-30-33-26(34)18-7-5-17(6-8-18)23-16-37-27(32-23)31-21-11-9-20(28)10-12-21/h5-16H,3-4H2,1-2H3,(H,31,32)(H,33,34)/b30-15-. The highest BCUT2D eigenvalue weighted by atomic mass is 35.5. The Labute approximate surface area is 229 Å². The highest BCUT2D eigenvalue weighted by Crippen LogP contribution is 2.32. The molecule has 0 bridgehead atoms. The van der Waals surface area contributed by atoms with Gasteiger partial charge in [0, 0.05) is 38.8 Å². The van der Waals surface area contributed by atoms with Crippen molar-refractivity contribution in [3.63, 3.8) is 0 Å². The van der Waals surface area contributed by atoms with Crippen LogP contribution in [-0.2, 0) is 0 Å². The summed E-state index contributed by atoms with van der Waals surface area (Å²) >= 11 is 13.7. The molecule has 0 saturated carbocycles. The van der Waals surface area contributed by atoms with E-state index < -0.39 is 0 Å². The second kappa shape index (κ2) is 12.6.